The number of rotatable bonds is 6. The molecule has 3 heterocycles. The van der Waals surface area contributed by atoms with Gasteiger partial charge in [0.25, 0.3) is 0 Å². The number of urea groups is 1. The Kier molecular flexibility index (Phi) is 5.52. The zero-order chi connectivity index (χ0) is 19.3. The first-order chi connectivity index (χ1) is 13.7. The number of hydrogen-bond donors (Lipinski definition) is 2. The number of fused-ring (bicyclic) bond motifs is 1. The summed E-state index contributed by atoms with van der Waals surface area (Å²) in [5.41, 5.74) is 1.70. The van der Waals surface area contributed by atoms with Gasteiger partial charge in [-0.25, -0.2) is 19.3 Å². The number of aryl methyl sites for hydroxylation is 2. The Bertz CT molecular complexity index is 991. The summed E-state index contributed by atoms with van der Waals surface area (Å²) in [6, 6.07) is 7.30. The van der Waals surface area contributed by atoms with E-state index in [0.717, 1.165) is 47.9 Å². The molecule has 0 saturated heterocycles. The molecule has 0 spiro atoms. The topological polar surface area (TPSA) is 93.8 Å². The standard InChI is InChI=1S/C19H22N6O2S/c26-18(22-15-7-5-14(6-8-15)17-20-10-13-28-17)21-9-3-12-25-19(27)24-11-2-1-4-16(24)23-25/h5-8,10,13H,1-4,9,11-12H2,(H2,21,22,26). The molecule has 0 bridgehead atoms. The van der Waals surface area contributed by atoms with Crippen LogP contribution in [0.4, 0.5) is 10.5 Å². The van der Waals surface area contributed by atoms with Gasteiger partial charge in [-0.05, 0) is 43.5 Å². The second-order valence-corrected chi connectivity index (χ2v) is 7.57. The Morgan fingerprint density at radius 1 is 1.21 bits per heavy atom. The van der Waals surface area contributed by atoms with Crippen LogP contribution in [0.15, 0.2) is 40.6 Å². The third-order valence-electron chi connectivity index (χ3n) is 4.69. The molecular formula is C19H22N6O2S. The number of amides is 2. The average Bonchev–Trinajstić information content (AvgIpc) is 3.35. The first kappa shape index (κ1) is 18.4. The predicted octanol–water partition coefficient (Wildman–Crippen LogP) is 2.72. The number of nitrogens with zero attached hydrogens (tertiary/aromatic N) is 4. The van der Waals surface area contributed by atoms with Crippen molar-refractivity contribution in [3.05, 3.63) is 52.2 Å². The maximum absolute atomic E-state index is 12.3. The second-order valence-electron chi connectivity index (χ2n) is 6.68. The molecule has 0 aliphatic carbocycles. The van der Waals surface area contributed by atoms with E-state index in [1.165, 1.54) is 4.68 Å². The van der Waals surface area contributed by atoms with Crippen molar-refractivity contribution in [1.29, 1.82) is 0 Å². The van der Waals surface area contributed by atoms with Gasteiger partial charge in [0.2, 0.25) is 0 Å². The molecule has 0 fully saturated rings. The molecule has 28 heavy (non-hydrogen) atoms. The number of anilines is 1. The van der Waals surface area contributed by atoms with Crippen molar-refractivity contribution in [1.82, 2.24) is 24.6 Å². The van der Waals surface area contributed by atoms with Crippen LogP contribution < -0.4 is 16.3 Å². The number of thiazole rings is 1. The summed E-state index contributed by atoms with van der Waals surface area (Å²) >= 11 is 1.58. The lowest BCUT2D eigenvalue weighted by atomic mass is 10.2. The van der Waals surface area contributed by atoms with Crippen LogP contribution >= 0.6 is 11.3 Å². The number of aromatic nitrogens is 4. The van der Waals surface area contributed by atoms with Gasteiger partial charge in [-0.15, -0.1) is 11.3 Å². The Labute approximate surface area is 166 Å². The minimum absolute atomic E-state index is 0.0422. The lowest BCUT2D eigenvalue weighted by Gasteiger charge is -2.09. The van der Waals surface area contributed by atoms with Crippen molar-refractivity contribution >= 4 is 23.1 Å². The molecule has 0 unspecified atom stereocenters. The molecule has 4 rings (SSSR count). The molecule has 0 saturated carbocycles. The number of carbonyl (C=O) groups is 1. The van der Waals surface area contributed by atoms with Gasteiger partial charge < -0.3 is 10.6 Å². The quantitative estimate of drug-likeness (QED) is 0.624. The maximum atomic E-state index is 12.3. The predicted molar refractivity (Wildman–Crippen MR) is 109 cm³/mol. The van der Waals surface area contributed by atoms with Crippen molar-refractivity contribution < 1.29 is 4.79 Å². The van der Waals surface area contributed by atoms with Crippen LogP contribution in [0.1, 0.15) is 25.1 Å². The molecule has 8 nitrogen and oxygen atoms in total. The summed E-state index contributed by atoms with van der Waals surface area (Å²) in [6.07, 6.45) is 5.40. The van der Waals surface area contributed by atoms with E-state index in [0.29, 0.717) is 19.5 Å². The molecule has 146 valence electrons. The minimum Gasteiger partial charge on any atom is -0.338 e. The minimum atomic E-state index is -0.265. The van der Waals surface area contributed by atoms with E-state index in [9.17, 15) is 9.59 Å². The van der Waals surface area contributed by atoms with Crippen molar-refractivity contribution in [2.24, 2.45) is 0 Å². The van der Waals surface area contributed by atoms with Crippen LogP contribution in [0.5, 0.6) is 0 Å². The first-order valence-corrected chi connectivity index (χ1v) is 10.3. The Morgan fingerprint density at radius 2 is 2.07 bits per heavy atom. The molecule has 0 radical (unpaired) electrons. The zero-order valence-corrected chi connectivity index (χ0v) is 16.2. The van der Waals surface area contributed by atoms with Crippen LogP contribution in [-0.4, -0.2) is 31.9 Å². The Balaban J connectivity index is 1.23. The van der Waals surface area contributed by atoms with Gasteiger partial charge in [-0.1, -0.05) is 0 Å². The third-order valence-corrected chi connectivity index (χ3v) is 5.51. The van der Waals surface area contributed by atoms with Crippen molar-refractivity contribution in [2.75, 3.05) is 11.9 Å². The summed E-state index contributed by atoms with van der Waals surface area (Å²) in [6.45, 7) is 1.73. The Morgan fingerprint density at radius 3 is 2.82 bits per heavy atom. The number of benzene rings is 1. The molecule has 3 aromatic rings. The van der Waals surface area contributed by atoms with E-state index in [1.54, 1.807) is 22.1 Å². The van der Waals surface area contributed by atoms with Gasteiger partial charge in [0, 0.05) is 48.9 Å². The monoisotopic (exact) mass is 398 g/mol. The zero-order valence-electron chi connectivity index (χ0n) is 15.4. The highest BCUT2D eigenvalue weighted by Crippen LogP contribution is 2.23. The maximum Gasteiger partial charge on any atom is 0.345 e. The Hall–Kier alpha value is -2.94. The number of carbonyl (C=O) groups excluding carboxylic acids is 1. The van der Waals surface area contributed by atoms with Crippen LogP contribution in [0.2, 0.25) is 0 Å². The van der Waals surface area contributed by atoms with Gasteiger partial charge in [-0.3, -0.25) is 4.57 Å². The molecule has 0 atom stereocenters. The van der Waals surface area contributed by atoms with Gasteiger partial charge in [0.15, 0.2) is 0 Å². The van der Waals surface area contributed by atoms with E-state index in [2.05, 4.69) is 20.7 Å². The largest absolute Gasteiger partial charge is 0.345 e. The van der Waals surface area contributed by atoms with Crippen LogP contribution in [-0.2, 0) is 19.5 Å². The SMILES string of the molecule is O=C(NCCCn1nc2n(c1=O)CCCC2)Nc1ccc(-c2nccs2)cc1. The van der Waals surface area contributed by atoms with Crippen LogP contribution in [0, 0.1) is 0 Å². The molecule has 2 N–H and O–H groups in total. The summed E-state index contributed by atoms with van der Waals surface area (Å²) in [7, 11) is 0. The van der Waals surface area contributed by atoms with Crippen LogP contribution in [0.3, 0.4) is 0 Å². The van der Waals surface area contributed by atoms with Gasteiger partial charge in [0.05, 0.1) is 0 Å². The fourth-order valence-electron chi connectivity index (χ4n) is 3.26. The highest BCUT2D eigenvalue weighted by Gasteiger charge is 2.16. The van der Waals surface area contributed by atoms with Crippen molar-refractivity contribution in [3.8, 4) is 10.6 Å². The molecule has 1 aliphatic rings. The van der Waals surface area contributed by atoms with E-state index < -0.39 is 0 Å². The van der Waals surface area contributed by atoms with Crippen molar-refractivity contribution in [2.45, 2.75) is 38.8 Å². The van der Waals surface area contributed by atoms with E-state index in [1.807, 2.05) is 29.6 Å². The average molecular weight is 398 g/mol. The molecule has 1 aliphatic heterocycles. The summed E-state index contributed by atoms with van der Waals surface area (Å²) in [4.78, 5) is 28.6. The molecule has 1 aromatic carbocycles. The summed E-state index contributed by atoms with van der Waals surface area (Å²) in [5, 5.41) is 12.9. The lowest BCUT2D eigenvalue weighted by Crippen LogP contribution is -2.31. The molecule has 9 heteroatoms. The van der Waals surface area contributed by atoms with Gasteiger partial charge in [-0.2, -0.15) is 5.10 Å². The summed E-state index contributed by atoms with van der Waals surface area (Å²) < 4.78 is 3.27. The molecular weight excluding hydrogens is 376 g/mol. The fraction of sp³-hybridized carbons (Fsp3) is 0.368. The molecule has 2 aromatic heterocycles. The van der Waals surface area contributed by atoms with Gasteiger partial charge >= 0.3 is 11.7 Å². The normalized spacial score (nSPS) is 13.1. The first-order valence-electron chi connectivity index (χ1n) is 9.42. The number of hydrogen-bond acceptors (Lipinski definition) is 5. The summed E-state index contributed by atoms with van der Waals surface area (Å²) in [5.74, 6) is 0.878. The highest BCUT2D eigenvalue weighted by molar-refractivity contribution is 7.13. The van der Waals surface area contributed by atoms with Crippen LogP contribution in [0.25, 0.3) is 10.6 Å². The third kappa shape index (κ3) is 4.14. The van der Waals surface area contributed by atoms with E-state index >= 15 is 0 Å². The van der Waals surface area contributed by atoms with Crippen molar-refractivity contribution in [3.63, 3.8) is 0 Å². The highest BCUT2D eigenvalue weighted by atomic mass is 32.1. The lowest BCUT2D eigenvalue weighted by molar-refractivity contribution is 0.251. The molecule has 2 amide bonds. The number of nitrogens with one attached hydrogen (secondary N) is 2. The van der Waals surface area contributed by atoms with Gasteiger partial charge in [0.1, 0.15) is 10.8 Å². The smallest absolute Gasteiger partial charge is 0.338 e. The second kappa shape index (κ2) is 8.39. The van der Waals surface area contributed by atoms with E-state index in [4.69, 9.17) is 0 Å². The fourth-order valence-corrected chi connectivity index (χ4v) is 3.91. The van der Waals surface area contributed by atoms with E-state index in [-0.39, 0.29) is 11.7 Å².